The maximum absolute atomic E-state index is 9.56. The van der Waals surface area contributed by atoms with E-state index in [-0.39, 0.29) is 5.34 Å². The first-order chi connectivity index (χ1) is 10.9. The van der Waals surface area contributed by atoms with E-state index >= 15 is 0 Å². The molecule has 0 aromatic heterocycles. The molecule has 0 aliphatic rings. The van der Waals surface area contributed by atoms with Crippen LogP contribution in [-0.4, -0.2) is 23.4 Å². The fourth-order valence-corrected chi connectivity index (χ4v) is 2.63. The van der Waals surface area contributed by atoms with E-state index in [0.29, 0.717) is 13.2 Å². The van der Waals surface area contributed by atoms with Crippen molar-refractivity contribution in [1.29, 1.82) is 0 Å². The zero-order valence-corrected chi connectivity index (χ0v) is 17.8. The molecule has 6 heteroatoms. The standard InChI is InChI=1S/C16H35O3P.CH2Cl2/c1-15(2)11-7-5-9-13-18-20(17)19-14-10-6-8-12-16(3)4;2-1-3/h15-17H,5-14H2,1-4H3;1H2. The summed E-state index contributed by atoms with van der Waals surface area (Å²) in [6.07, 6.45) is 9.45. The Kier molecular flexibility index (Phi) is 23.8. The van der Waals surface area contributed by atoms with E-state index in [1.807, 2.05) is 0 Å². The molecule has 0 amide bonds. The van der Waals surface area contributed by atoms with Crippen LogP contribution >= 0.6 is 31.8 Å². The van der Waals surface area contributed by atoms with Gasteiger partial charge in [0.25, 0.3) is 0 Å². The van der Waals surface area contributed by atoms with Gasteiger partial charge in [0.2, 0.25) is 0 Å². The monoisotopic (exact) mass is 390 g/mol. The molecule has 0 unspecified atom stereocenters. The summed E-state index contributed by atoms with van der Waals surface area (Å²) in [5.41, 5.74) is 0. The van der Waals surface area contributed by atoms with Gasteiger partial charge < -0.3 is 13.9 Å². The van der Waals surface area contributed by atoms with Crippen molar-refractivity contribution in [2.24, 2.45) is 11.8 Å². The lowest BCUT2D eigenvalue weighted by Crippen LogP contribution is -1.96. The Morgan fingerprint density at radius 1 is 0.739 bits per heavy atom. The highest BCUT2D eigenvalue weighted by Crippen LogP contribution is 2.33. The van der Waals surface area contributed by atoms with Gasteiger partial charge in [-0.3, -0.25) is 0 Å². The average Bonchev–Trinajstić information content (AvgIpc) is 2.46. The van der Waals surface area contributed by atoms with Crippen LogP contribution in [0.5, 0.6) is 0 Å². The summed E-state index contributed by atoms with van der Waals surface area (Å²) in [6.45, 7) is 10.2. The summed E-state index contributed by atoms with van der Waals surface area (Å²) in [7, 11) is -1.65. The molecule has 3 nitrogen and oxygen atoms in total. The molecule has 0 atom stereocenters. The van der Waals surface area contributed by atoms with Crippen LogP contribution in [0.1, 0.15) is 79.1 Å². The highest BCUT2D eigenvalue weighted by molar-refractivity contribution is 7.40. The van der Waals surface area contributed by atoms with Gasteiger partial charge in [-0.1, -0.05) is 66.2 Å². The Morgan fingerprint density at radius 3 is 1.39 bits per heavy atom. The third-order valence-corrected chi connectivity index (χ3v) is 4.06. The van der Waals surface area contributed by atoms with Gasteiger partial charge in [0, 0.05) is 0 Å². The first-order valence-electron chi connectivity index (χ1n) is 8.80. The van der Waals surface area contributed by atoms with E-state index in [1.165, 1.54) is 38.5 Å². The van der Waals surface area contributed by atoms with Crippen molar-refractivity contribution in [3.8, 4) is 0 Å². The Labute approximate surface area is 155 Å². The molecule has 0 aliphatic heterocycles. The van der Waals surface area contributed by atoms with Crippen LogP contribution in [0.2, 0.25) is 0 Å². The Morgan fingerprint density at radius 2 is 1.09 bits per heavy atom. The number of alkyl halides is 2. The molecule has 0 aromatic rings. The average molecular weight is 391 g/mol. The van der Waals surface area contributed by atoms with Gasteiger partial charge in [-0.2, -0.15) is 0 Å². The van der Waals surface area contributed by atoms with Crippen LogP contribution in [0.25, 0.3) is 0 Å². The molecule has 0 radical (unpaired) electrons. The zero-order valence-electron chi connectivity index (χ0n) is 15.4. The van der Waals surface area contributed by atoms with E-state index in [4.69, 9.17) is 32.2 Å². The molecular weight excluding hydrogens is 354 g/mol. The van der Waals surface area contributed by atoms with Crippen LogP contribution in [-0.2, 0) is 9.05 Å². The van der Waals surface area contributed by atoms with Crippen LogP contribution < -0.4 is 0 Å². The van der Waals surface area contributed by atoms with Crippen molar-refractivity contribution in [3.05, 3.63) is 0 Å². The van der Waals surface area contributed by atoms with E-state index in [1.54, 1.807) is 0 Å². The molecule has 142 valence electrons. The predicted molar refractivity (Wildman–Crippen MR) is 104 cm³/mol. The second-order valence-corrected chi connectivity index (χ2v) is 8.29. The molecule has 1 N–H and O–H groups in total. The van der Waals surface area contributed by atoms with Crippen LogP contribution in [0.3, 0.4) is 0 Å². The Balaban J connectivity index is 0. The van der Waals surface area contributed by atoms with E-state index < -0.39 is 8.60 Å². The number of halogens is 2. The minimum Gasteiger partial charge on any atom is -0.328 e. The normalized spacial score (nSPS) is 11.2. The highest BCUT2D eigenvalue weighted by atomic mass is 35.5. The molecule has 0 aliphatic carbocycles. The van der Waals surface area contributed by atoms with Gasteiger partial charge in [-0.15, -0.1) is 23.2 Å². The van der Waals surface area contributed by atoms with Crippen molar-refractivity contribution >= 4 is 31.8 Å². The van der Waals surface area contributed by atoms with E-state index in [9.17, 15) is 4.89 Å². The highest BCUT2D eigenvalue weighted by Gasteiger charge is 2.06. The first kappa shape index (κ1) is 26.1. The first-order valence-corrected chi connectivity index (χ1v) is 11.0. The zero-order chi connectivity index (χ0) is 17.9. The van der Waals surface area contributed by atoms with Gasteiger partial charge in [0.05, 0.1) is 18.6 Å². The van der Waals surface area contributed by atoms with Crippen molar-refractivity contribution in [3.63, 3.8) is 0 Å². The molecule has 23 heavy (non-hydrogen) atoms. The number of hydrogen-bond donors (Lipinski definition) is 1. The van der Waals surface area contributed by atoms with Gasteiger partial charge in [-0.25, -0.2) is 0 Å². The molecule has 0 rings (SSSR count). The fraction of sp³-hybridized carbons (Fsp3) is 1.00. The quantitative estimate of drug-likeness (QED) is 0.195. The summed E-state index contributed by atoms with van der Waals surface area (Å²) < 4.78 is 10.6. The summed E-state index contributed by atoms with van der Waals surface area (Å²) in [5.74, 6) is 1.56. The maximum atomic E-state index is 9.56. The molecule has 0 fully saturated rings. The lowest BCUT2D eigenvalue weighted by Gasteiger charge is -2.11. The summed E-state index contributed by atoms with van der Waals surface area (Å²) >= 11 is 9.53. The molecule has 0 bridgehead atoms. The lowest BCUT2D eigenvalue weighted by atomic mass is 10.1. The Hall–Kier alpha value is 0.890. The number of rotatable bonds is 14. The molecule has 0 saturated heterocycles. The SMILES string of the molecule is CC(C)CCCCCOP(O)OCCCCCC(C)C.ClCCl. The summed E-state index contributed by atoms with van der Waals surface area (Å²) in [4.78, 5) is 9.56. The van der Waals surface area contributed by atoms with Gasteiger partial charge >= 0.3 is 8.60 Å². The summed E-state index contributed by atoms with van der Waals surface area (Å²) in [5, 5.41) is 0.194. The second kappa shape index (κ2) is 20.9. The van der Waals surface area contributed by atoms with Crippen molar-refractivity contribution < 1.29 is 13.9 Å². The lowest BCUT2D eigenvalue weighted by molar-refractivity contribution is 0.193. The van der Waals surface area contributed by atoms with Gasteiger partial charge in [0.1, 0.15) is 0 Å². The smallest absolute Gasteiger partial charge is 0.328 e. The van der Waals surface area contributed by atoms with Crippen molar-refractivity contribution in [1.82, 2.24) is 0 Å². The van der Waals surface area contributed by atoms with E-state index in [2.05, 4.69) is 27.7 Å². The number of unbranched alkanes of at least 4 members (excludes halogenated alkanes) is 4. The third kappa shape index (κ3) is 28.0. The minimum absolute atomic E-state index is 0.194. The molecule has 0 aromatic carbocycles. The van der Waals surface area contributed by atoms with Crippen LogP contribution in [0.4, 0.5) is 0 Å². The van der Waals surface area contributed by atoms with E-state index in [0.717, 1.165) is 24.7 Å². The Bertz CT molecular complexity index is 200. The molecule has 0 heterocycles. The molecule has 0 spiro atoms. The van der Waals surface area contributed by atoms with Gasteiger partial charge in [-0.05, 0) is 24.7 Å². The maximum Gasteiger partial charge on any atom is 0.329 e. The largest absolute Gasteiger partial charge is 0.329 e. The molecule has 0 saturated carbocycles. The van der Waals surface area contributed by atoms with Crippen molar-refractivity contribution in [2.75, 3.05) is 18.6 Å². The third-order valence-electron chi connectivity index (χ3n) is 3.26. The van der Waals surface area contributed by atoms with Gasteiger partial charge in [0.15, 0.2) is 0 Å². The topological polar surface area (TPSA) is 38.7 Å². The van der Waals surface area contributed by atoms with Crippen LogP contribution in [0.15, 0.2) is 0 Å². The number of hydrogen-bond acceptors (Lipinski definition) is 3. The summed E-state index contributed by atoms with van der Waals surface area (Å²) in [6, 6.07) is 0. The fourth-order valence-electron chi connectivity index (χ4n) is 1.99. The van der Waals surface area contributed by atoms with Crippen molar-refractivity contribution in [2.45, 2.75) is 79.1 Å². The molecular formula is C17H37Cl2O3P. The minimum atomic E-state index is -1.65. The second-order valence-electron chi connectivity index (χ2n) is 6.49. The van der Waals surface area contributed by atoms with Crippen LogP contribution in [0, 0.1) is 11.8 Å². The predicted octanol–water partition coefficient (Wildman–Crippen LogP) is 7.09.